The number of hydrogen-bond donors (Lipinski definition) is 0. The SMILES string of the molecule is CC(SC#N)c1ccccc1Cc1ccccc1C(C)SC#N. The fourth-order valence-electron chi connectivity index (χ4n) is 2.67. The molecule has 0 fully saturated rings. The molecule has 0 aliphatic heterocycles. The van der Waals surface area contributed by atoms with Crippen molar-refractivity contribution in [2.24, 2.45) is 0 Å². The monoisotopic (exact) mass is 338 g/mol. The Morgan fingerprint density at radius 2 is 1.17 bits per heavy atom. The van der Waals surface area contributed by atoms with Gasteiger partial charge in [0.05, 0.1) is 0 Å². The largest absolute Gasteiger partial charge is 0.185 e. The Morgan fingerprint density at radius 1 is 0.783 bits per heavy atom. The molecule has 2 unspecified atom stereocenters. The van der Waals surface area contributed by atoms with E-state index in [1.807, 2.05) is 24.3 Å². The van der Waals surface area contributed by atoms with Crippen LogP contribution in [0, 0.1) is 21.3 Å². The molecule has 0 radical (unpaired) electrons. The van der Waals surface area contributed by atoms with Gasteiger partial charge in [-0.1, -0.05) is 48.5 Å². The van der Waals surface area contributed by atoms with E-state index < -0.39 is 0 Å². The molecular weight excluding hydrogens is 320 g/mol. The van der Waals surface area contributed by atoms with E-state index in [0.717, 1.165) is 6.42 Å². The topological polar surface area (TPSA) is 47.6 Å². The van der Waals surface area contributed by atoms with Gasteiger partial charge in [0.2, 0.25) is 0 Å². The molecule has 116 valence electrons. The molecule has 0 heterocycles. The summed E-state index contributed by atoms with van der Waals surface area (Å²) in [4.78, 5) is 0. The molecule has 2 rings (SSSR count). The van der Waals surface area contributed by atoms with Crippen molar-refractivity contribution >= 4 is 23.5 Å². The van der Waals surface area contributed by atoms with Crippen LogP contribution < -0.4 is 0 Å². The van der Waals surface area contributed by atoms with E-state index >= 15 is 0 Å². The zero-order valence-electron chi connectivity index (χ0n) is 13.2. The quantitative estimate of drug-likeness (QED) is 0.622. The first-order valence-electron chi connectivity index (χ1n) is 7.42. The maximum Gasteiger partial charge on any atom is 0.133 e. The van der Waals surface area contributed by atoms with Gasteiger partial charge in [-0.15, -0.1) is 0 Å². The third kappa shape index (κ3) is 4.55. The third-order valence-electron chi connectivity index (χ3n) is 3.83. The molecule has 0 spiro atoms. The average Bonchev–Trinajstić information content (AvgIpc) is 2.56. The lowest BCUT2D eigenvalue weighted by Crippen LogP contribution is -2.01. The van der Waals surface area contributed by atoms with E-state index in [1.165, 1.54) is 45.8 Å². The van der Waals surface area contributed by atoms with Crippen LogP contribution in [0.5, 0.6) is 0 Å². The molecule has 4 heteroatoms. The second kappa shape index (κ2) is 8.67. The van der Waals surface area contributed by atoms with Gasteiger partial charge in [0.1, 0.15) is 10.8 Å². The standard InChI is InChI=1S/C19H18N2S2/c1-14(22-12-20)18-9-5-3-7-16(18)11-17-8-4-6-10-19(17)15(2)23-13-21/h3-10,14-15H,11H2,1-2H3. The molecule has 0 amide bonds. The van der Waals surface area contributed by atoms with E-state index in [-0.39, 0.29) is 10.5 Å². The van der Waals surface area contributed by atoms with Crippen molar-refractivity contribution in [3.8, 4) is 10.8 Å². The van der Waals surface area contributed by atoms with Crippen molar-refractivity contribution in [2.75, 3.05) is 0 Å². The lowest BCUT2D eigenvalue weighted by molar-refractivity contribution is 1.00. The molecule has 23 heavy (non-hydrogen) atoms. The lowest BCUT2D eigenvalue weighted by atomic mass is 9.94. The molecule has 2 aromatic carbocycles. The summed E-state index contributed by atoms with van der Waals surface area (Å²) in [5.41, 5.74) is 4.89. The predicted molar refractivity (Wildman–Crippen MR) is 98.9 cm³/mol. The second-order valence-corrected chi connectivity index (χ2v) is 7.53. The first kappa shape index (κ1) is 17.5. The molecule has 0 saturated heterocycles. The summed E-state index contributed by atoms with van der Waals surface area (Å²) in [5.74, 6) is 0. The van der Waals surface area contributed by atoms with Crippen LogP contribution in [0.1, 0.15) is 46.6 Å². The molecular formula is C19H18N2S2. The van der Waals surface area contributed by atoms with Crippen molar-refractivity contribution in [3.05, 3.63) is 70.8 Å². The highest BCUT2D eigenvalue weighted by molar-refractivity contribution is 8.04. The number of thiocyanates is 2. The van der Waals surface area contributed by atoms with Gasteiger partial charge in [0.25, 0.3) is 0 Å². The van der Waals surface area contributed by atoms with E-state index in [0.29, 0.717) is 0 Å². The van der Waals surface area contributed by atoms with Crippen molar-refractivity contribution in [3.63, 3.8) is 0 Å². The Labute approximate surface area is 146 Å². The summed E-state index contributed by atoms with van der Waals surface area (Å²) < 4.78 is 0. The summed E-state index contributed by atoms with van der Waals surface area (Å²) >= 11 is 2.57. The van der Waals surface area contributed by atoms with Crippen molar-refractivity contribution in [1.29, 1.82) is 10.5 Å². The van der Waals surface area contributed by atoms with Gasteiger partial charge in [0.15, 0.2) is 0 Å². The fourth-order valence-corrected chi connectivity index (χ4v) is 3.70. The molecule has 0 bridgehead atoms. The Morgan fingerprint density at radius 3 is 1.57 bits per heavy atom. The number of nitriles is 2. The Balaban J connectivity index is 2.34. The van der Waals surface area contributed by atoms with E-state index in [4.69, 9.17) is 10.5 Å². The van der Waals surface area contributed by atoms with E-state index in [2.05, 4.69) is 48.9 Å². The van der Waals surface area contributed by atoms with Gasteiger partial charge in [-0.25, -0.2) is 0 Å². The van der Waals surface area contributed by atoms with Crippen LogP contribution in [0.2, 0.25) is 0 Å². The highest BCUT2D eigenvalue weighted by Gasteiger charge is 2.15. The molecule has 0 aliphatic rings. The van der Waals surface area contributed by atoms with E-state index in [9.17, 15) is 0 Å². The zero-order valence-corrected chi connectivity index (χ0v) is 14.8. The highest BCUT2D eigenvalue weighted by atomic mass is 32.2. The third-order valence-corrected chi connectivity index (χ3v) is 5.25. The highest BCUT2D eigenvalue weighted by Crippen LogP contribution is 2.34. The first-order valence-corrected chi connectivity index (χ1v) is 9.18. The Hall–Kier alpha value is -1.88. The Bertz CT molecular complexity index is 680. The average molecular weight is 339 g/mol. The maximum atomic E-state index is 8.93. The molecule has 0 aliphatic carbocycles. The summed E-state index contributed by atoms with van der Waals surface area (Å²) in [7, 11) is 0. The van der Waals surface area contributed by atoms with Crippen molar-refractivity contribution < 1.29 is 0 Å². The van der Waals surface area contributed by atoms with Crippen molar-refractivity contribution in [1.82, 2.24) is 0 Å². The van der Waals surface area contributed by atoms with Crippen LogP contribution in [0.4, 0.5) is 0 Å². The lowest BCUT2D eigenvalue weighted by Gasteiger charge is -2.17. The minimum Gasteiger partial charge on any atom is -0.185 e. The molecule has 2 aromatic rings. The predicted octanol–water partition coefficient (Wildman–Crippen LogP) is 5.83. The van der Waals surface area contributed by atoms with Gasteiger partial charge in [-0.3, -0.25) is 0 Å². The van der Waals surface area contributed by atoms with Crippen LogP contribution in [0.3, 0.4) is 0 Å². The number of thioether (sulfide) groups is 2. The molecule has 2 nitrogen and oxygen atoms in total. The summed E-state index contributed by atoms with van der Waals surface area (Å²) in [5, 5.41) is 22.5. The van der Waals surface area contributed by atoms with Crippen LogP contribution in [-0.2, 0) is 6.42 Å². The minimum atomic E-state index is 0.147. The summed E-state index contributed by atoms with van der Waals surface area (Å²) in [6.07, 6.45) is 0.818. The van der Waals surface area contributed by atoms with Crippen molar-refractivity contribution in [2.45, 2.75) is 30.8 Å². The van der Waals surface area contributed by atoms with Gasteiger partial charge in [-0.05, 0) is 66.0 Å². The van der Waals surface area contributed by atoms with Gasteiger partial charge in [0, 0.05) is 10.5 Å². The summed E-state index contributed by atoms with van der Waals surface area (Å²) in [6.45, 7) is 4.12. The first-order chi connectivity index (χ1) is 11.2. The van der Waals surface area contributed by atoms with Crippen LogP contribution in [0.25, 0.3) is 0 Å². The van der Waals surface area contributed by atoms with Crippen LogP contribution in [0.15, 0.2) is 48.5 Å². The Kier molecular flexibility index (Phi) is 6.59. The normalized spacial score (nSPS) is 12.9. The summed E-state index contributed by atoms with van der Waals surface area (Å²) in [6, 6.07) is 16.6. The molecule has 0 N–H and O–H groups in total. The second-order valence-electron chi connectivity index (χ2n) is 5.28. The van der Waals surface area contributed by atoms with Crippen LogP contribution in [-0.4, -0.2) is 0 Å². The minimum absolute atomic E-state index is 0.147. The van der Waals surface area contributed by atoms with Gasteiger partial charge in [-0.2, -0.15) is 10.5 Å². The maximum absolute atomic E-state index is 8.93. The zero-order chi connectivity index (χ0) is 16.7. The van der Waals surface area contributed by atoms with Gasteiger partial charge < -0.3 is 0 Å². The van der Waals surface area contributed by atoms with Gasteiger partial charge >= 0.3 is 0 Å². The number of benzene rings is 2. The molecule has 2 atom stereocenters. The van der Waals surface area contributed by atoms with E-state index in [1.54, 1.807) is 0 Å². The molecule has 0 aromatic heterocycles. The number of nitrogens with zero attached hydrogens (tertiary/aromatic N) is 2. The molecule has 0 saturated carbocycles. The number of hydrogen-bond acceptors (Lipinski definition) is 4. The fraction of sp³-hybridized carbons (Fsp3) is 0.263. The smallest absolute Gasteiger partial charge is 0.133 e. The number of rotatable bonds is 6. The van der Waals surface area contributed by atoms with Crippen LogP contribution >= 0.6 is 23.5 Å².